The Labute approximate surface area is 143 Å². The maximum Gasteiger partial charge on any atom is 0.339 e. The molecule has 0 saturated heterocycles. The van der Waals surface area contributed by atoms with Crippen LogP contribution < -0.4 is 32.9 Å². The minimum absolute atomic E-state index is 0.205. The molecule has 0 fully saturated rings. The molecule has 0 bridgehead atoms. The summed E-state index contributed by atoms with van der Waals surface area (Å²) in [6.07, 6.45) is 3.20. The summed E-state index contributed by atoms with van der Waals surface area (Å²) < 4.78 is 44.1. The van der Waals surface area contributed by atoms with E-state index >= 15 is 0 Å². The van der Waals surface area contributed by atoms with Crippen molar-refractivity contribution >= 4 is 22.3 Å². The fraction of sp³-hybridized carbons (Fsp3) is 0.167. The van der Waals surface area contributed by atoms with Crippen LogP contribution in [0.25, 0.3) is 0 Å². The standard InChI is InChI=1S/2C6H9N3O.H2O4S/c2*7-6(8)9-4-5-2-1-3-10-5;1-5(2,3)4/h2*1-3H,4H2,(H4,7,8,9);(H2,1,2,3,4). The van der Waals surface area contributed by atoms with Gasteiger partial charge < -0.3 is 17.9 Å². The van der Waals surface area contributed by atoms with Crippen LogP contribution in [-0.2, 0) is 23.5 Å². The summed E-state index contributed by atoms with van der Waals surface area (Å²) in [5.74, 6) is 2.04. The van der Waals surface area contributed by atoms with Crippen LogP contribution in [0, 0.1) is 0 Å². The monoisotopic (exact) mass is 376 g/mol. The van der Waals surface area contributed by atoms with Crippen LogP contribution in [-0.4, -0.2) is 29.4 Å². The summed E-state index contributed by atoms with van der Waals surface area (Å²) in [6.45, 7) is 1.07. The topological polar surface area (TPSA) is 239 Å². The summed E-state index contributed by atoms with van der Waals surface area (Å²) in [5.41, 5.74) is 20.6. The molecule has 2 rings (SSSR count). The van der Waals surface area contributed by atoms with E-state index < -0.39 is 10.4 Å². The molecule has 2 aromatic rings. The van der Waals surface area contributed by atoms with Crippen molar-refractivity contribution in [2.45, 2.75) is 13.1 Å². The molecule has 13 heteroatoms. The fourth-order valence-electron chi connectivity index (χ4n) is 1.20. The number of hydrogen-bond donors (Lipinski definition) is 6. The summed E-state index contributed by atoms with van der Waals surface area (Å²) in [5, 5.41) is 0. The molecular formula is C12H20N6O6S. The second kappa shape index (κ2) is 11.5. The number of guanidine groups is 2. The van der Waals surface area contributed by atoms with Crippen molar-refractivity contribution in [2.24, 2.45) is 22.9 Å². The maximum atomic E-state index is 8.52. The highest BCUT2D eigenvalue weighted by atomic mass is 32.3. The highest BCUT2D eigenvalue weighted by Crippen LogP contribution is 1.95. The molecular weight excluding hydrogens is 356 g/mol. The number of furan rings is 2. The van der Waals surface area contributed by atoms with Crippen LogP contribution in [0.1, 0.15) is 11.5 Å². The number of rotatable bonds is 4. The van der Waals surface area contributed by atoms with Crippen molar-refractivity contribution in [2.75, 3.05) is 0 Å². The smallest absolute Gasteiger partial charge is 0.339 e. The van der Waals surface area contributed by atoms with Gasteiger partial charge in [-0.05, 0) is 24.3 Å². The molecule has 25 heavy (non-hydrogen) atoms. The van der Waals surface area contributed by atoms with Gasteiger partial charge in [0.25, 0.3) is 0 Å². The van der Waals surface area contributed by atoms with E-state index in [4.69, 9.17) is 49.3 Å². The summed E-state index contributed by atoms with van der Waals surface area (Å²) in [7, 11) is -5.17. The molecule has 2 heterocycles. The van der Waals surface area contributed by atoms with E-state index in [2.05, 4.69) is 9.98 Å². The lowest BCUT2D eigenvalue weighted by molar-refractivity contribution is -0.480. The molecule has 0 amide bonds. The molecule has 10 N–H and O–H groups in total. The maximum absolute atomic E-state index is 8.52. The van der Waals surface area contributed by atoms with E-state index in [1.165, 1.54) is 0 Å². The first-order chi connectivity index (χ1) is 11.6. The van der Waals surface area contributed by atoms with Gasteiger partial charge in [0.05, 0.1) is 12.5 Å². The first kappa shape index (κ1) is 22.0. The van der Waals surface area contributed by atoms with E-state index in [0.717, 1.165) is 11.5 Å². The largest absolute Gasteiger partial charge is 0.759 e. The van der Waals surface area contributed by atoms with Crippen molar-refractivity contribution in [1.82, 2.24) is 0 Å². The van der Waals surface area contributed by atoms with Crippen molar-refractivity contribution in [3.8, 4) is 0 Å². The Morgan fingerprint density at radius 2 is 1.20 bits per heavy atom. The van der Waals surface area contributed by atoms with Gasteiger partial charge >= 0.3 is 11.9 Å². The molecule has 0 aliphatic heterocycles. The van der Waals surface area contributed by atoms with Gasteiger partial charge in [-0.15, -0.1) is 0 Å². The average Bonchev–Trinajstić information content (AvgIpc) is 3.15. The van der Waals surface area contributed by atoms with Crippen LogP contribution >= 0.6 is 0 Å². The molecule has 0 radical (unpaired) electrons. The molecule has 0 aliphatic carbocycles. The summed E-state index contributed by atoms with van der Waals surface area (Å²) >= 11 is 0. The third-order valence-electron chi connectivity index (χ3n) is 2.09. The zero-order chi connectivity index (χ0) is 19.3. The third-order valence-corrected chi connectivity index (χ3v) is 2.09. The molecule has 2 aromatic heterocycles. The zero-order valence-corrected chi connectivity index (χ0v) is 13.9. The number of hydrogen-bond acceptors (Lipinski definition) is 6. The predicted octanol–water partition coefficient (Wildman–Crippen LogP) is -5.07. The van der Waals surface area contributed by atoms with Gasteiger partial charge in [-0.25, -0.2) is 0 Å². The van der Waals surface area contributed by atoms with Crippen molar-refractivity contribution in [1.29, 1.82) is 0 Å². The first-order valence-corrected chi connectivity index (χ1v) is 7.86. The molecule has 0 spiro atoms. The van der Waals surface area contributed by atoms with Gasteiger partial charge in [0.15, 0.2) is 0 Å². The van der Waals surface area contributed by atoms with Crippen molar-refractivity contribution in [3.63, 3.8) is 0 Å². The van der Waals surface area contributed by atoms with E-state index in [9.17, 15) is 0 Å². The highest BCUT2D eigenvalue weighted by Gasteiger charge is 1.93. The fourth-order valence-corrected chi connectivity index (χ4v) is 1.20. The van der Waals surface area contributed by atoms with Crippen LogP contribution in [0.15, 0.2) is 45.6 Å². The lowest BCUT2D eigenvalue weighted by atomic mass is 10.5. The van der Waals surface area contributed by atoms with E-state index in [0.29, 0.717) is 13.1 Å². The molecule has 0 atom stereocenters. The number of nitrogens with one attached hydrogen (secondary N) is 2. The van der Waals surface area contributed by atoms with Crippen LogP contribution in [0.2, 0.25) is 0 Å². The van der Waals surface area contributed by atoms with Gasteiger partial charge in [0, 0.05) is 10.4 Å². The van der Waals surface area contributed by atoms with E-state index in [-0.39, 0.29) is 11.9 Å². The van der Waals surface area contributed by atoms with Gasteiger partial charge in [0.2, 0.25) is 0 Å². The summed E-state index contributed by atoms with van der Waals surface area (Å²) in [4.78, 5) is 5.45. The van der Waals surface area contributed by atoms with Gasteiger partial charge in [-0.3, -0.25) is 41.3 Å². The van der Waals surface area contributed by atoms with Crippen LogP contribution in [0.4, 0.5) is 0 Å². The zero-order valence-electron chi connectivity index (χ0n) is 13.0. The van der Waals surface area contributed by atoms with E-state index in [1.807, 2.05) is 24.3 Å². The lowest BCUT2D eigenvalue weighted by Crippen LogP contribution is -2.76. The van der Waals surface area contributed by atoms with E-state index in [1.54, 1.807) is 12.5 Å². The molecule has 12 nitrogen and oxygen atoms in total. The Kier molecular flexibility index (Phi) is 10.1. The van der Waals surface area contributed by atoms with Crippen LogP contribution in [0.5, 0.6) is 0 Å². The van der Waals surface area contributed by atoms with Gasteiger partial charge in [0.1, 0.15) is 24.6 Å². The first-order valence-electron chi connectivity index (χ1n) is 6.53. The van der Waals surface area contributed by atoms with Crippen molar-refractivity contribution < 1.29 is 36.3 Å². The quantitative estimate of drug-likeness (QED) is 0.128. The molecule has 0 saturated carbocycles. The van der Waals surface area contributed by atoms with Gasteiger partial charge in [-0.2, -0.15) is 0 Å². The minimum Gasteiger partial charge on any atom is -0.759 e. The second-order valence-electron chi connectivity index (χ2n) is 4.18. The third kappa shape index (κ3) is 17.2. The Hall–Kier alpha value is -3.03. The van der Waals surface area contributed by atoms with Gasteiger partial charge in [-0.1, -0.05) is 0 Å². The predicted molar refractivity (Wildman–Crippen MR) is 84.0 cm³/mol. The minimum atomic E-state index is -5.17. The summed E-state index contributed by atoms with van der Waals surface area (Å²) in [6, 6.07) is 7.30. The Morgan fingerprint density at radius 1 is 0.880 bits per heavy atom. The molecule has 140 valence electrons. The highest BCUT2D eigenvalue weighted by molar-refractivity contribution is 7.79. The molecule has 0 unspecified atom stereocenters. The second-order valence-corrected chi connectivity index (χ2v) is 5.00. The Balaban J connectivity index is 0.000000368. The number of nitrogens with two attached hydrogens (primary N) is 4. The SMILES string of the molecule is NC(N)=[NH+]Cc1ccco1.NC(N)=[NH+]Cc1ccco1.O=S(=O)([O-])[O-]. The average molecular weight is 376 g/mol. The normalized spacial score (nSPS) is 9.68. The molecule has 0 aromatic carbocycles. The molecule has 0 aliphatic rings. The Bertz CT molecular complexity index is 673. The van der Waals surface area contributed by atoms with Crippen molar-refractivity contribution in [3.05, 3.63) is 48.3 Å². The Morgan fingerprint density at radius 3 is 1.40 bits per heavy atom. The lowest BCUT2D eigenvalue weighted by Gasteiger charge is -2.06. The van der Waals surface area contributed by atoms with Crippen LogP contribution in [0.3, 0.4) is 0 Å².